The minimum atomic E-state index is -0.447. The fourth-order valence-electron chi connectivity index (χ4n) is 0.803. The van der Waals surface area contributed by atoms with Gasteiger partial charge in [0.15, 0.2) is 0 Å². The summed E-state index contributed by atoms with van der Waals surface area (Å²) in [6.07, 6.45) is 1.58. The van der Waals surface area contributed by atoms with Crippen LogP contribution in [0.4, 0.5) is 5.82 Å². The second-order valence-corrected chi connectivity index (χ2v) is 2.38. The van der Waals surface area contributed by atoms with Crippen LogP contribution in [0.2, 0.25) is 0 Å². The third-order valence-corrected chi connectivity index (χ3v) is 1.31. The molecule has 0 aliphatic carbocycles. The van der Waals surface area contributed by atoms with Gasteiger partial charge in [0.25, 0.3) is 0 Å². The zero-order chi connectivity index (χ0) is 9.68. The maximum absolute atomic E-state index is 10.9. The molecular weight excluding hydrogens is 174 g/mol. The largest absolute Gasteiger partial charge is 0.462 e. The van der Waals surface area contributed by atoms with Crippen LogP contribution in [-0.4, -0.2) is 34.1 Å². The van der Waals surface area contributed by atoms with Crippen LogP contribution >= 0.6 is 0 Å². The van der Waals surface area contributed by atoms with Gasteiger partial charge in [0.2, 0.25) is 0 Å². The van der Waals surface area contributed by atoms with Gasteiger partial charge in [0.05, 0.1) is 6.61 Å². The molecule has 0 unspecified atom stereocenters. The summed E-state index contributed by atoms with van der Waals surface area (Å²) in [5, 5.41) is 12.2. The van der Waals surface area contributed by atoms with Gasteiger partial charge in [-0.15, -0.1) is 0 Å². The molecule has 1 aromatic heterocycles. The van der Waals surface area contributed by atoms with Crippen molar-refractivity contribution in [3.8, 4) is 0 Å². The lowest BCUT2D eigenvalue weighted by atomic mass is 10.6. The fourth-order valence-corrected chi connectivity index (χ4v) is 0.803. The Kier molecular flexibility index (Phi) is 3.27. The molecule has 0 atom stereocenters. The summed E-state index contributed by atoms with van der Waals surface area (Å²) in [5.41, 5.74) is 5.33. The number of hydrogen-bond donors (Lipinski definition) is 2. The summed E-state index contributed by atoms with van der Waals surface area (Å²) < 4.78 is 5.98. The summed E-state index contributed by atoms with van der Waals surface area (Å²) in [4.78, 5) is 10.9. The van der Waals surface area contributed by atoms with E-state index in [4.69, 9.17) is 10.8 Å². The van der Waals surface area contributed by atoms with Crippen LogP contribution in [0.5, 0.6) is 0 Å². The number of nitrogens with two attached hydrogens (primary N) is 1. The van der Waals surface area contributed by atoms with Crippen molar-refractivity contribution < 1.29 is 14.6 Å². The lowest BCUT2D eigenvalue weighted by Gasteiger charge is -2.01. The molecule has 0 saturated carbocycles. The van der Waals surface area contributed by atoms with Gasteiger partial charge in [-0.1, -0.05) is 0 Å². The van der Waals surface area contributed by atoms with E-state index < -0.39 is 5.97 Å². The van der Waals surface area contributed by atoms with E-state index in [1.807, 2.05) is 0 Å². The van der Waals surface area contributed by atoms with Gasteiger partial charge >= 0.3 is 5.97 Å². The molecule has 0 radical (unpaired) electrons. The van der Waals surface area contributed by atoms with Crippen molar-refractivity contribution in [1.82, 2.24) is 9.78 Å². The molecule has 13 heavy (non-hydrogen) atoms. The standard InChI is InChI=1S/C7H11N3O3/c8-6-1-2-10(9-6)5-7(12)13-4-3-11/h1-2,11H,3-5H2,(H2,8,9). The Balaban J connectivity index is 2.36. The molecule has 0 spiro atoms. The molecule has 1 rings (SSSR count). The zero-order valence-electron chi connectivity index (χ0n) is 7.01. The molecule has 3 N–H and O–H groups in total. The Morgan fingerprint density at radius 2 is 2.54 bits per heavy atom. The van der Waals surface area contributed by atoms with Gasteiger partial charge in [-0.05, 0) is 6.07 Å². The van der Waals surface area contributed by atoms with E-state index in [-0.39, 0.29) is 19.8 Å². The van der Waals surface area contributed by atoms with E-state index in [1.54, 1.807) is 12.3 Å². The minimum Gasteiger partial charge on any atom is -0.462 e. The molecule has 1 heterocycles. The predicted octanol–water partition coefficient (Wildman–Crippen LogP) is -0.999. The molecule has 0 aliphatic heterocycles. The molecular formula is C7H11N3O3. The molecule has 0 aromatic carbocycles. The molecule has 0 fully saturated rings. The number of carbonyl (C=O) groups excluding carboxylic acids is 1. The van der Waals surface area contributed by atoms with Crippen LogP contribution in [0.25, 0.3) is 0 Å². The molecule has 6 heteroatoms. The molecule has 0 saturated heterocycles. The number of hydrogen-bond acceptors (Lipinski definition) is 5. The number of nitrogens with zero attached hydrogens (tertiary/aromatic N) is 2. The zero-order valence-corrected chi connectivity index (χ0v) is 7.01. The number of nitrogen functional groups attached to an aromatic ring is 1. The van der Waals surface area contributed by atoms with E-state index in [0.717, 1.165) is 0 Å². The van der Waals surface area contributed by atoms with Crippen molar-refractivity contribution in [1.29, 1.82) is 0 Å². The van der Waals surface area contributed by atoms with E-state index in [0.29, 0.717) is 5.82 Å². The van der Waals surface area contributed by atoms with Gasteiger partial charge in [-0.3, -0.25) is 9.48 Å². The topological polar surface area (TPSA) is 90.4 Å². The monoisotopic (exact) mass is 185 g/mol. The third-order valence-electron chi connectivity index (χ3n) is 1.31. The maximum atomic E-state index is 10.9. The minimum absolute atomic E-state index is 0.00951. The number of rotatable bonds is 4. The normalized spacial score (nSPS) is 9.92. The van der Waals surface area contributed by atoms with Crippen LogP contribution < -0.4 is 5.73 Å². The van der Waals surface area contributed by atoms with E-state index in [2.05, 4.69) is 9.84 Å². The van der Waals surface area contributed by atoms with Crippen LogP contribution in [-0.2, 0) is 16.1 Å². The Morgan fingerprint density at radius 3 is 3.08 bits per heavy atom. The van der Waals surface area contributed by atoms with Crippen molar-refractivity contribution in [2.45, 2.75) is 6.54 Å². The van der Waals surface area contributed by atoms with Crippen LogP contribution in [0.1, 0.15) is 0 Å². The van der Waals surface area contributed by atoms with Crippen LogP contribution in [0.3, 0.4) is 0 Å². The van der Waals surface area contributed by atoms with Crippen molar-refractivity contribution in [2.75, 3.05) is 18.9 Å². The number of aliphatic hydroxyl groups is 1. The van der Waals surface area contributed by atoms with Crippen molar-refractivity contribution in [3.63, 3.8) is 0 Å². The molecule has 72 valence electrons. The summed E-state index contributed by atoms with van der Waals surface area (Å²) in [7, 11) is 0. The first-order valence-electron chi connectivity index (χ1n) is 3.78. The number of anilines is 1. The number of ether oxygens (including phenoxy) is 1. The first-order valence-corrected chi connectivity index (χ1v) is 3.78. The highest BCUT2D eigenvalue weighted by Gasteiger charge is 2.04. The van der Waals surface area contributed by atoms with Gasteiger partial charge in [0, 0.05) is 6.20 Å². The maximum Gasteiger partial charge on any atom is 0.327 e. The number of aliphatic hydroxyl groups excluding tert-OH is 1. The molecule has 0 amide bonds. The lowest BCUT2D eigenvalue weighted by Crippen LogP contribution is -2.15. The average Bonchev–Trinajstić information content (AvgIpc) is 2.48. The molecule has 6 nitrogen and oxygen atoms in total. The fraction of sp³-hybridized carbons (Fsp3) is 0.429. The number of carbonyl (C=O) groups is 1. The van der Waals surface area contributed by atoms with Gasteiger partial charge in [-0.2, -0.15) is 5.10 Å². The van der Waals surface area contributed by atoms with E-state index in [1.165, 1.54) is 4.68 Å². The second-order valence-electron chi connectivity index (χ2n) is 2.38. The predicted molar refractivity (Wildman–Crippen MR) is 44.7 cm³/mol. The van der Waals surface area contributed by atoms with Gasteiger partial charge < -0.3 is 15.6 Å². The average molecular weight is 185 g/mol. The summed E-state index contributed by atoms with van der Waals surface area (Å²) in [6.45, 7) is -0.153. The quantitative estimate of drug-likeness (QED) is 0.587. The Morgan fingerprint density at radius 1 is 1.77 bits per heavy atom. The first kappa shape index (κ1) is 9.53. The lowest BCUT2D eigenvalue weighted by molar-refractivity contribution is -0.145. The highest BCUT2D eigenvalue weighted by molar-refractivity contribution is 5.69. The Hall–Kier alpha value is -1.56. The molecule has 1 aromatic rings. The Labute approximate surface area is 74.9 Å². The number of esters is 1. The summed E-state index contributed by atoms with van der Waals surface area (Å²) >= 11 is 0. The highest BCUT2D eigenvalue weighted by Crippen LogP contribution is 1.95. The van der Waals surface area contributed by atoms with E-state index in [9.17, 15) is 4.79 Å². The smallest absolute Gasteiger partial charge is 0.327 e. The first-order chi connectivity index (χ1) is 6.22. The van der Waals surface area contributed by atoms with E-state index >= 15 is 0 Å². The Bertz CT molecular complexity index is 284. The molecule has 0 aliphatic rings. The van der Waals surface area contributed by atoms with Gasteiger partial charge in [0.1, 0.15) is 19.0 Å². The number of aromatic nitrogens is 2. The third kappa shape index (κ3) is 3.12. The highest BCUT2D eigenvalue weighted by atomic mass is 16.5. The SMILES string of the molecule is Nc1ccn(CC(=O)OCCO)n1. The summed E-state index contributed by atoms with van der Waals surface area (Å²) in [5.74, 6) is -0.0906. The van der Waals surface area contributed by atoms with Crippen molar-refractivity contribution in [2.24, 2.45) is 0 Å². The van der Waals surface area contributed by atoms with Crippen LogP contribution in [0.15, 0.2) is 12.3 Å². The summed E-state index contributed by atoms with van der Waals surface area (Å²) in [6, 6.07) is 1.58. The molecule has 0 bridgehead atoms. The van der Waals surface area contributed by atoms with Crippen LogP contribution in [0, 0.1) is 0 Å². The second kappa shape index (κ2) is 4.46. The van der Waals surface area contributed by atoms with Gasteiger partial charge in [-0.25, -0.2) is 0 Å². The van der Waals surface area contributed by atoms with Crippen molar-refractivity contribution >= 4 is 11.8 Å². The van der Waals surface area contributed by atoms with Crippen molar-refractivity contribution in [3.05, 3.63) is 12.3 Å².